The van der Waals surface area contributed by atoms with E-state index in [-0.39, 0.29) is 17.7 Å². The summed E-state index contributed by atoms with van der Waals surface area (Å²) < 4.78 is 4.57. The van der Waals surface area contributed by atoms with Crippen LogP contribution in [0.5, 0.6) is 0 Å². The third-order valence-corrected chi connectivity index (χ3v) is 4.14. The molecule has 1 atom stereocenters. The number of esters is 1. The standard InChI is InChI=1S/C18H26O3/c1-13-7-5-8-16(15(13)3)12-11-14(2)17(19)9-6-10-18(20)21-4/h5,7-8,14H,6,9-12H2,1-4H3. The fraction of sp³-hybridized carbons (Fsp3) is 0.556. The van der Waals surface area contributed by atoms with E-state index in [1.54, 1.807) is 0 Å². The number of methoxy groups -OCH3 is 1. The van der Waals surface area contributed by atoms with Crippen molar-refractivity contribution in [2.75, 3.05) is 7.11 Å². The molecule has 0 heterocycles. The molecule has 0 amide bonds. The average molecular weight is 290 g/mol. The molecule has 1 aromatic rings. The summed E-state index contributed by atoms with van der Waals surface area (Å²) in [5.41, 5.74) is 3.94. The summed E-state index contributed by atoms with van der Waals surface area (Å²) in [4.78, 5) is 23.0. The molecule has 0 aliphatic rings. The lowest BCUT2D eigenvalue weighted by atomic mass is 9.92. The third-order valence-electron chi connectivity index (χ3n) is 4.14. The highest BCUT2D eigenvalue weighted by atomic mass is 16.5. The van der Waals surface area contributed by atoms with Gasteiger partial charge in [0.1, 0.15) is 5.78 Å². The van der Waals surface area contributed by atoms with Gasteiger partial charge in [0.05, 0.1) is 7.11 Å². The minimum absolute atomic E-state index is 0.0440. The summed E-state index contributed by atoms with van der Waals surface area (Å²) in [6.45, 7) is 6.22. The second-order valence-electron chi connectivity index (χ2n) is 5.69. The second-order valence-corrected chi connectivity index (χ2v) is 5.69. The predicted molar refractivity (Wildman–Crippen MR) is 84.3 cm³/mol. The number of hydrogen-bond donors (Lipinski definition) is 0. The smallest absolute Gasteiger partial charge is 0.305 e. The van der Waals surface area contributed by atoms with Crippen LogP contribution in [0, 0.1) is 19.8 Å². The molecule has 0 saturated heterocycles. The van der Waals surface area contributed by atoms with E-state index in [4.69, 9.17) is 0 Å². The number of benzene rings is 1. The zero-order valence-corrected chi connectivity index (χ0v) is 13.6. The van der Waals surface area contributed by atoms with Crippen molar-refractivity contribution in [1.29, 1.82) is 0 Å². The van der Waals surface area contributed by atoms with Crippen LogP contribution in [0.25, 0.3) is 0 Å². The van der Waals surface area contributed by atoms with Crippen molar-refractivity contribution in [3.8, 4) is 0 Å². The second kappa shape index (κ2) is 8.60. The molecule has 0 N–H and O–H groups in total. The molecule has 0 aromatic heterocycles. The maximum Gasteiger partial charge on any atom is 0.305 e. The van der Waals surface area contributed by atoms with Crippen LogP contribution < -0.4 is 0 Å². The van der Waals surface area contributed by atoms with Crippen molar-refractivity contribution in [1.82, 2.24) is 0 Å². The Balaban J connectivity index is 2.39. The van der Waals surface area contributed by atoms with E-state index >= 15 is 0 Å². The van der Waals surface area contributed by atoms with Crippen LogP contribution in [-0.2, 0) is 20.7 Å². The molecule has 1 rings (SSSR count). The molecule has 21 heavy (non-hydrogen) atoms. The summed E-state index contributed by atoms with van der Waals surface area (Å²) >= 11 is 0. The average Bonchev–Trinajstić information content (AvgIpc) is 2.48. The van der Waals surface area contributed by atoms with Gasteiger partial charge in [-0.3, -0.25) is 9.59 Å². The normalized spacial score (nSPS) is 12.0. The van der Waals surface area contributed by atoms with E-state index < -0.39 is 0 Å². The van der Waals surface area contributed by atoms with E-state index in [0.717, 1.165) is 12.8 Å². The van der Waals surface area contributed by atoms with Gasteiger partial charge in [-0.2, -0.15) is 0 Å². The Morgan fingerprint density at radius 3 is 2.57 bits per heavy atom. The molecule has 0 aliphatic carbocycles. The maximum absolute atomic E-state index is 12.0. The van der Waals surface area contributed by atoms with Gasteiger partial charge in [0, 0.05) is 18.8 Å². The first-order valence-corrected chi connectivity index (χ1v) is 7.60. The van der Waals surface area contributed by atoms with Crippen molar-refractivity contribution >= 4 is 11.8 Å². The molecule has 1 aromatic carbocycles. The number of ether oxygens (including phenoxy) is 1. The summed E-state index contributed by atoms with van der Waals surface area (Å²) in [6, 6.07) is 6.32. The highest BCUT2D eigenvalue weighted by Gasteiger charge is 2.14. The molecule has 116 valence electrons. The number of carbonyl (C=O) groups is 2. The van der Waals surface area contributed by atoms with Gasteiger partial charge in [-0.15, -0.1) is 0 Å². The Morgan fingerprint density at radius 2 is 1.90 bits per heavy atom. The van der Waals surface area contributed by atoms with Gasteiger partial charge >= 0.3 is 5.97 Å². The molecular weight excluding hydrogens is 264 g/mol. The number of hydrogen-bond acceptors (Lipinski definition) is 3. The quantitative estimate of drug-likeness (QED) is 0.684. The third kappa shape index (κ3) is 5.70. The molecule has 3 heteroatoms. The Kier molecular flexibility index (Phi) is 7.13. The zero-order chi connectivity index (χ0) is 15.8. The first-order valence-electron chi connectivity index (χ1n) is 7.60. The SMILES string of the molecule is COC(=O)CCCC(=O)C(C)CCc1cccc(C)c1C. The van der Waals surface area contributed by atoms with Gasteiger partial charge in [-0.05, 0) is 49.8 Å². The van der Waals surface area contributed by atoms with Crippen LogP contribution in [0.3, 0.4) is 0 Å². The molecule has 0 radical (unpaired) electrons. The van der Waals surface area contributed by atoms with Crippen LogP contribution in [0.2, 0.25) is 0 Å². The largest absolute Gasteiger partial charge is 0.469 e. The first-order chi connectivity index (χ1) is 9.95. The van der Waals surface area contributed by atoms with Crippen LogP contribution in [0.15, 0.2) is 18.2 Å². The van der Waals surface area contributed by atoms with E-state index in [1.807, 2.05) is 6.92 Å². The fourth-order valence-electron chi connectivity index (χ4n) is 2.37. The number of ketones is 1. The molecular formula is C18H26O3. The van der Waals surface area contributed by atoms with Crippen molar-refractivity contribution in [3.63, 3.8) is 0 Å². The zero-order valence-electron chi connectivity index (χ0n) is 13.6. The number of rotatable bonds is 8. The van der Waals surface area contributed by atoms with Gasteiger partial charge in [-0.1, -0.05) is 25.1 Å². The van der Waals surface area contributed by atoms with Crippen LogP contribution in [0.1, 0.15) is 49.3 Å². The van der Waals surface area contributed by atoms with Crippen LogP contribution in [0.4, 0.5) is 0 Å². The molecule has 0 spiro atoms. The van der Waals surface area contributed by atoms with Crippen molar-refractivity contribution in [2.24, 2.45) is 5.92 Å². The Labute approximate surface area is 127 Å². The molecule has 0 fully saturated rings. The van der Waals surface area contributed by atoms with Crippen molar-refractivity contribution < 1.29 is 14.3 Å². The van der Waals surface area contributed by atoms with Crippen LogP contribution in [-0.4, -0.2) is 18.9 Å². The predicted octanol–water partition coefficient (Wildman–Crippen LogP) is 3.78. The summed E-state index contributed by atoms with van der Waals surface area (Å²) in [6.07, 6.45) is 3.16. The molecule has 3 nitrogen and oxygen atoms in total. The monoisotopic (exact) mass is 290 g/mol. The Hall–Kier alpha value is -1.64. The molecule has 0 saturated carbocycles. The summed E-state index contributed by atoms with van der Waals surface area (Å²) in [5.74, 6) is 0.0395. The van der Waals surface area contributed by atoms with Gasteiger partial charge in [0.15, 0.2) is 0 Å². The lowest BCUT2D eigenvalue weighted by Gasteiger charge is -2.12. The van der Waals surface area contributed by atoms with Gasteiger partial charge in [0.2, 0.25) is 0 Å². The number of aryl methyl sites for hydroxylation is 2. The van der Waals surface area contributed by atoms with Crippen LogP contribution >= 0.6 is 0 Å². The fourth-order valence-corrected chi connectivity index (χ4v) is 2.37. The Bertz CT molecular complexity index is 491. The van der Waals surface area contributed by atoms with E-state index in [1.165, 1.54) is 23.8 Å². The van der Waals surface area contributed by atoms with E-state index in [2.05, 4.69) is 36.8 Å². The van der Waals surface area contributed by atoms with Crippen molar-refractivity contribution in [3.05, 3.63) is 34.9 Å². The lowest BCUT2D eigenvalue weighted by molar-refractivity contribution is -0.140. The van der Waals surface area contributed by atoms with E-state index in [9.17, 15) is 9.59 Å². The number of carbonyl (C=O) groups excluding carboxylic acids is 2. The highest BCUT2D eigenvalue weighted by molar-refractivity contribution is 5.81. The first kappa shape index (κ1) is 17.4. The van der Waals surface area contributed by atoms with Crippen molar-refractivity contribution in [2.45, 2.75) is 52.9 Å². The van der Waals surface area contributed by atoms with Gasteiger partial charge in [0.25, 0.3) is 0 Å². The summed E-state index contributed by atoms with van der Waals surface area (Å²) in [5, 5.41) is 0. The molecule has 0 aliphatic heterocycles. The highest BCUT2D eigenvalue weighted by Crippen LogP contribution is 2.18. The minimum Gasteiger partial charge on any atom is -0.469 e. The molecule has 1 unspecified atom stereocenters. The molecule has 0 bridgehead atoms. The van der Waals surface area contributed by atoms with E-state index in [0.29, 0.717) is 19.3 Å². The minimum atomic E-state index is -0.245. The van der Waals surface area contributed by atoms with Gasteiger partial charge < -0.3 is 4.74 Å². The summed E-state index contributed by atoms with van der Waals surface area (Å²) in [7, 11) is 1.37. The van der Waals surface area contributed by atoms with Gasteiger partial charge in [-0.25, -0.2) is 0 Å². The Morgan fingerprint density at radius 1 is 1.19 bits per heavy atom. The number of Topliss-reactive ketones (excluding diaryl/α,β-unsaturated/α-hetero) is 1. The maximum atomic E-state index is 12.0. The topological polar surface area (TPSA) is 43.4 Å². The lowest BCUT2D eigenvalue weighted by Crippen LogP contribution is -2.13.